The number of nitrogens with zero attached hydrogens (tertiary/aromatic N) is 3. The van der Waals surface area contributed by atoms with Crippen molar-refractivity contribution in [3.63, 3.8) is 0 Å². The van der Waals surface area contributed by atoms with Crippen LogP contribution in [0.2, 0.25) is 0 Å². The molecule has 7 atom stereocenters. The van der Waals surface area contributed by atoms with E-state index in [2.05, 4.69) is 22.9 Å². The van der Waals surface area contributed by atoms with E-state index in [9.17, 15) is 58.5 Å². The third-order valence-corrected chi connectivity index (χ3v) is 14.8. The maximum atomic E-state index is 14.4. The molecule has 0 saturated carbocycles. The Morgan fingerprint density at radius 1 is 0.747 bits per heavy atom. The van der Waals surface area contributed by atoms with E-state index < -0.39 is 103 Å². The van der Waals surface area contributed by atoms with Gasteiger partial charge in [-0.25, -0.2) is 0 Å². The van der Waals surface area contributed by atoms with Crippen LogP contribution in [0, 0.1) is 5.92 Å². The second-order valence-corrected chi connectivity index (χ2v) is 20.8. The van der Waals surface area contributed by atoms with E-state index in [0.717, 1.165) is 24.2 Å². The number of rotatable bonds is 27. The first-order valence-corrected chi connectivity index (χ1v) is 27.2. The molecule has 1 fully saturated rings. The van der Waals surface area contributed by atoms with Gasteiger partial charge in [-0.2, -0.15) is 0 Å². The minimum Gasteiger partial charge on any atom is -0.507 e. The number of amides is 6. The summed E-state index contributed by atoms with van der Waals surface area (Å²) in [6, 6.07) is 1.95. The van der Waals surface area contributed by atoms with Crippen LogP contribution in [0.4, 0.5) is 0 Å². The zero-order valence-corrected chi connectivity index (χ0v) is 45.4. The van der Waals surface area contributed by atoms with Crippen molar-refractivity contribution < 1.29 is 58.5 Å². The molecular formula is C57H84N6O12. The Bertz CT molecular complexity index is 2320. The van der Waals surface area contributed by atoms with E-state index in [-0.39, 0.29) is 59.1 Å². The van der Waals surface area contributed by atoms with E-state index in [4.69, 9.17) is 0 Å². The molecule has 6 N–H and O–H groups in total. The van der Waals surface area contributed by atoms with E-state index in [1.807, 2.05) is 0 Å². The Morgan fingerprint density at radius 2 is 1.33 bits per heavy atom. The maximum absolute atomic E-state index is 14.4. The van der Waals surface area contributed by atoms with Crippen LogP contribution < -0.4 is 16.0 Å². The number of hydrogen-bond acceptors (Lipinski definition) is 12. The Hall–Kier alpha value is -6.17. The number of aliphatic hydroxyl groups is 1. The van der Waals surface area contributed by atoms with Gasteiger partial charge in [-0.05, 0) is 75.4 Å². The number of aromatic hydroxyl groups is 2. The molecule has 1 saturated heterocycles. The third-order valence-electron chi connectivity index (χ3n) is 14.8. The highest BCUT2D eigenvalue weighted by atomic mass is 16.3. The van der Waals surface area contributed by atoms with Crippen LogP contribution in [0.3, 0.4) is 0 Å². The molecule has 2 heterocycles. The number of phenols is 2. The molecule has 2 aliphatic heterocycles. The predicted octanol–water partition coefficient (Wildman–Crippen LogP) is 6.14. The van der Waals surface area contributed by atoms with Crippen LogP contribution in [0.25, 0.3) is 11.1 Å². The summed E-state index contributed by atoms with van der Waals surface area (Å²) in [7, 11) is 2.80. The van der Waals surface area contributed by atoms with Crippen molar-refractivity contribution in [2.45, 2.75) is 199 Å². The Morgan fingerprint density at radius 3 is 1.93 bits per heavy atom. The fourth-order valence-electron chi connectivity index (χ4n) is 10.0. The van der Waals surface area contributed by atoms with E-state index >= 15 is 0 Å². The van der Waals surface area contributed by atoms with Crippen molar-refractivity contribution in [1.82, 2.24) is 30.7 Å². The van der Waals surface area contributed by atoms with Crippen molar-refractivity contribution >= 4 is 52.8 Å². The number of aliphatic hydroxyl groups excluding tert-OH is 1. The first-order chi connectivity index (χ1) is 35.7. The number of Topliss-reactive ketones (excluding diaryl/α,β-unsaturated/α-hetero) is 3. The quantitative estimate of drug-likeness (QED) is 0.0552. The van der Waals surface area contributed by atoms with Gasteiger partial charge < -0.3 is 46.0 Å². The summed E-state index contributed by atoms with van der Waals surface area (Å²) in [4.78, 5) is 125. The SMILES string of the molecule is CCCCCCCCCCCCCCCC(=O)N(C)[C@H](CO)C(=O)N[C@H](C)C(=O)CCC(=O)N(C)[C@@H]1C(=O)C[C@@H](C)C(=O)N[C@H](C(=O)N[C@@H](C)C(=O)N2CCCC2C(C)=O)Cc2ccc(O)c(c2)-c2cc1ccc2O. The average molecular weight is 1050 g/mol. The fourth-order valence-corrected chi connectivity index (χ4v) is 10.0. The number of ketones is 3. The third kappa shape index (κ3) is 18.0. The largest absolute Gasteiger partial charge is 0.507 e. The number of carbonyl (C=O) groups is 9. The number of fused-ring (bicyclic) bond motifs is 5. The van der Waals surface area contributed by atoms with Crippen molar-refractivity contribution in [3.8, 4) is 22.6 Å². The minimum atomic E-state index is -1.36. The lowest BCUT2D eigenvalue weighted by Crippen LogP contribution is -2.55. The summed E-state index contributed by atoms with van der Waals surface area (Å²) in [5, 5.41) is 40.3. The molecule has 2 aromatic carbocycles. The van der Waals surface area contributed by atoms with Crippen molar-refractivity contribution in [2.24, 2.45) is 5.92 Å². The molecule has 18 nitrogen and oxygen atoms in total. The van der Waals surface area contributed by atoms with Gasteiger partial charge in [0.25, 0.3) is 0 Å². The second kappa shape index (κ2) is 30.4. The van der Waals surface area contributed by atoms with Gasteiger partial charge in [0.1, 0.15) is 35.7 Å². The minimum absolute atomic E-state index is 0.0957. The van der Waals surface area contributed by atoms with Crippen molar-refractivity contribution in [2.75, 3.05) is 27.2 Å². The first-order valence-electron chi connectivity index (χ1n) is 27.2. The standard InChI is InChI=1S/C57H84N6O12/c1-8-9-10-11-12-13-14-15-16-17-18-19-20-23-51(70)61(6)46(35-64)56(74)58-37(3)47(66)28-29-52(71)62(7)53-41-25-27-49(68)43(34-41)42-32-40(24-26-48(42)67)33-44(60-54(72)36(2)31-50(53)69)55(73)59-38(4)57(75)63-30-21-22-45(63)39(5)65/h24-27,32,34,36-38,44-46,53,64,67-68H,8-23,28-31,33,35H2,1-7H3,(H,58,74)(H,59,73)(H,60,72)/t36-,37-,38+,44+,45?,46-,53+/m1/s1. The molecular weight excluding hydrogens is 961 g/mol. The number of hydrogen-bond donors (Lipinski definition) is 6. The number of nitrogens with one attached hydrogen (secondary N) is 3. The van der Waals surface area contributed by atoms with E-state index in [0.29, 0.717) is 31.4 Å². The van der Waals surface area contributed by atoms with Crippen molar-refractivity contribution in [1.29, 1.82) is 0 Å². The lowest BCUT2D eigenvalue weighted by Gasteiger charge is -2.30. The smallest absolute Gasteiger partial charge is 0.245 e. The van der Waals surface area contributed by atoms with Gasteiger partial charge in [0.2, 0.25) is 35.4 Å². The van der Waals surface area contributed by atoms with Crippen LogP contribution in [0.1, 0.15) is 174 Å². The molecule has 0 aromatic heterocycles. The Labute approximate surface area is 443 Å². The second-order valence-electron chi connectivity index (χ2n) is 20.8. The summed E-state index contributed by atoms with van der Waals surface area (Å²) in [5.41, 5.74) is 0.897. The number of likely N-dealkylation sites (N-methyl/N-ethyl adjacent to an activating group) is 2. The Balaban J connectivity index is 1.39. The number of unbranched alkanes of at least 4 members (excludes halogenated alkanes) is 12. The van der Waals surface area contributed by atoms with Crippen LogP contribution in [-0.4, -0.2) is 140 Å². The van der Waals surface area contributed by atoms with Gasteiger partial charge in [0, 0.05) is 69.8 Å². The molecule has 4 bridgehead atoms. The lowest BCUT2D eigenvalue weighted by atomic mass is 9.89. The fraction of sp³-hybridized carbons (Fsp3) is 0.632. The van der Waals surface area contributed by atoms with Crippen molar-refractivity contribution in [3.05, 3.63) is 47.5 Å². The highest BCUT2D eigenvalue weighted by Gasteiger charge is 2.37. The highest BCUT2D eigenvalue weighted by molar-refractivity contribution is 5.98. The predicted molar refractivity (Wildman–Crippen MR) is 284 cm³/mol. The number of likely N-dealkylation sites (tertiary alicyclic amines) is 1. The molecule has 0 radical (unpaired) electrons. The molecule has 0 spiro atoms. The molecule has 2 aromatic rings. The van der Waals surface area contributed by atoms with Gasteiger partial charge >= 0.3 is 0 Å². The zero-order chi connectivity index (χ0) is 55.4. The topological polar surface area (TPSA) is 260 Å². The van der Waals surface area contributed by atoms with Gasteiger partial charge in [0.05, 0.1) is 18.7 Å². The molecule has 75 heavy (non-hydrogen) atoms. The number of carbonyl (C=O) groups excluding carboxylic acids is 9. The lowest BCUT2D eigenvalue weighted by molar-refractivity contribution is -0.142. The summed E-state index contributed by atoms with van der Waals surface area (Å²) in [5.74, 6) is -6.40. The van der Waals surface area contributed by atoms with Gasteiger partial charge in [-0.15, -0.1) is 0 Å². The molecule has 1 unspecified atom stereocenters. The molecule has 18 heteroatoms. The van der Waals surface area contributed by atoms with Crippen LogP contribution >= 0.6 is 0 Å². The molecule has 4 rings (SSSR count). The van der Waals surface area contributed by atoms with Crippen LogP contribution in [-0.2, 0) is 49.6 Å². The summed E-state index contributed by atoms with van der Waals surface area (Å²) in [6.07, 6.45) is 15.2. The van der Waals surface area contributed by atoms with Crippen LogP contribution in [0.5, 0.6) is 11.5 Å². The van der Waals surface area contributed by atoms with Gasteiger partial charge in [-0.1, -0.05) is 103 Å². The summed E-state index contributed by atoms with van der Waals surface area (Å²) < 4.78 is 0. The maximum Gasteiger partial charge on any atom is 0.245 e. The van der Waals surface area contributed by atoms with E-state index in [1.54, 1.807) is 0 Å². The average Bonchev–Trinajstić information content (AvgIpc) is 3.88. The van der Waals surface area contributed by atoms with E-state index in [1.165, 1.54) is 146 Å². The summed E-state index contributed by atoms with van der Waals surface area (Å²) in [6.45, 7) is 7.72. The molecule has 6 amide bonds. The zero-order valence-electron chi connectivity index (χ0n) is 45.4. The van der Waals surface area contributed by atoms with Crippen LogP contribution in [0.15, 0.2) is 36.4 Å². The molecule has 2 aliphatic rings. The van der Waals surface area contributed by atoms with Gasteiger partial charge in [-0.3, -0.25) is 43.2 Å². The normalized spacial score (nSPS) is 19.0. The first kappa shape index (κ1) is 61.4. The van der Waals surface area contributed by atoms with Gasteiger partial charge in [0.15, 0.2) is 17.3 Å². The number of phenolic OH excluding ortho intramolecular Hbond substituents is 2. The number of benzene rings is 2. The summed E-state index contributed by atoms with van der Waals surface area (Å²) >= 11 is 0. The Kier molecular flexibility index (Phi) is 24.9. The highest BCUT2D eigenvalue weighted by Crippen LogP contribution is 2.39. The molecule has 414 valence electrons. The molecule has 0 aliphatic carbocycles. The monoisotopic (exact) mass is 1040 g/mol.